The first-order valence-electron chi connectivity index (χ1n) is 6.28. The number of oxime groups is 1. The van der Waals surface area contributed by atoms with Crippen LogP contribution in [0.4, 0.5) is 0 Å². The van der Waals surface area contributed by atoms with Gasteiger partial charge in [-0.1, -0.05) is 16.8 Å². The molecule has 2 rings (SSSR count). The molecule has 1 atom stereocenters. The van der Waals surface area contributed by atoms with Crippen molar-refractivity contribution < 1.29 is 5.21 Å². The number of hydrogen-bond acceptors (Lipinski definition) is 5. The molecule has 0 radical (unpaired) electrons. The van der Waals surface area contributed by atoms with E-state index in [0.29, 0.717) is 0 Å². The van der Waals surface area contributed by atoms with E-state index in [2.05, 4.69) is 21.0 Å². The van der Waals surface area contributed by atoms with Crippen molar-refractivity contribution in [1.82, 2.24) is 9.80 Å². The third-order valence-corrected chi connectivity index (χ3v) is 4.72. The molecule has 1 aromatic rings. The number of halogens is 1. The van der Waals surface area contributed by atoms with Crippen molar-refractivity contribution in [3.8, 4) is 0 Å². The van der Waals surface area contributed by atoms with E-state index >= 15 is 0 Å². The summed E-state index contributed by atoms with van der Waals surface area (Å²) in [7, 11) is 0. The lowest BCUT2D eigenvalue weighted by molar-refractivity contribution is 0.117. The Hall–Kier alpha value is -0.820. The highest BCUT2D eigenvalue weighted by Gasteiger charge is 2.23. The van der Waals surface area contributed by atoms with Crippen LogP contribution in [0.5, 0.6) is 0 Å². The van der Waals surface area contributed by atoms with Gasteiger partial charge < -0.3 is 10.9 Å². The van der Waals surface area contributed by atoms with E-state index in [0.717, 1.165) is 37.1 Å². The van der Waals surface area contributed by atoms with Gasteiger partial charge in [-0.2, -0.15) is 0 Å². The van der Waals surface area contributed by atoms with Gasteiger partial charge in [0, 0.05) is 37.6 Å². The molecule has 1 aliphatic rings. The van der Waals surface area contributed by atoms with Gasteiger partial charge >= 0.3 is 0 Å². The molecule has 1 aliphatic heterocycles. The molecule has 7 heteroatoms. The number of hydrogen-bond donors (Lipinski definition) is 2. The quantitative estimate of drug-likeness (QED) is 0.384. The molecule has 0 aliphatic carbocycles. The molecule has 5 nitrogen and oxygen atoms in total. The average Bonchev–Trinajstić information content (AvgIpc) is 2.83. The van der Waals surface area contributed by atoms with E-state index in [9.17, 15) is 0 Å². The summed E-state index contributed by atoms with van der Waals surface area (Å²) in [6.07, 6.45) is 0. The summed E-state index contributed by atoms with van der Waals surface area (Å²) in [4.78, 5) is 5.92. The van der Waals surface area contributed by atoms with Crippen LogP contribution in [0.3, 0.4) is 0 Å². The lowest BCUT2D eigenvalue weighted by Crippen LogP contribution is -2.52. The predicted molar refractivity (Wildman–Crippen MR) is 79.0 cm³/mol. The van der Waals surface area contributed by atoms with Gasteiger partial charge in [-0.05, 0) is 19.1 Å². The van der Waals surface area contributed by atoms with Crippen molar-refractivity contribution in [3.63, 3.8) is 0 Å². The number of rotatable bonds is 4. The molecule has 0 aromatic carbocycles. The minimum Gasteiger partial charge on any atom is -0.409 e. The number of nitrogens with two attached hydrogens (primary N) is 1. The highest BCUT2D eigenvalue weighted by molar-refractivity contribution is 7.16. The Morgan fingerprint density at radius 2 is 2.16 bits per heavy atom. The van der Waals surface area contributed by atoms with Crippen LogP contribution in [0.2, 0.25) is 4.34 Å². The standard InChI is InChI=1S/C12H19ClN4OS/c1-9(12(14)15-18)17-6-4-16(5-7-17)8-10-2-3-11(13)19-10/h2-3,9,18H,4-8H2,1H3,(H2,14,15). The van der Waals surface area contributed by atoms with Crippen LogP contribution in [0.1, 0.15) is 11.8 Å². The van der Waals surface area contributed by atoms with Gasteiger partial charge in [-0.15, -0.1) is 11.3 Å². The molecule has 1 aromatic heterocycles. The van der Waals surface area contributed by atoms with Crippen molar-refractivity contribution in [2.75, 3.05) is 26.2 Å². The zero-order chi connectivity index (χ0) is 13.8. The minimum atomic E-state index is -0.0108. The Kier molecular flexibility index (Phi) is 5.04. The average molecular weight is 303 g/mol. The van der Waals surface area contributed by atoms with E-state index < -0.39 is 0 Å². The summed E-state index contributed by atoms with van der Waals surface area (Å²) in [5.41, 5.74) is 5.64. The molecule has 0 saturated carbocycles. The first kappa shape index (κ1) is 14.6. The maximum Gasteiger partial charge on any atom is 0.156 e. The molecule has 3 N–H and O–H groups in total. The molecule has 0 bridgehead atoms. The predicted octanol–water partition coefficient (Wildman–Crippen LogP) is 1.65. The Balaban J connectivity index is 1.82. The molecule has 1 fully saturated rings. The van der Waals surface area contributed by atoms with Gasteiger partial charge in [0.05, 0.1) is 10.4 Å². The fourth-order valence-electron chi connectivity index (χ4n) is 2.24. The Bertz CT molecular complexity index is 443. The lowest BCUT2D eigenvalue weighted by atomic mass is 10.2. The molecule has 0 amide bonds. The highest BCUT2D eigenvalue weighted by atomic mass is 35.5. The van der Waals surface area contributed by atoms with E-state index in [1.54, 1.807) is 11.3 Å². The Morgan fingerprint density at radius 3 is 2.68 bits per heavy atom. The van der Waals surface area contributed by atoms with Crippen LogP contribution in [-0.2, 0) is 6.54 Å². The first-order valence-corrected chi connectivity index (χ1v) is 7.47. The zero-order valence-electron chi connectivity index (χ0n) is 10.9. The molecule has 1 unspecified atom stereocenters. The number of nitrogens with zero attached hydrogens (tertiary/aromatic N) is 3. The highest BCUT2D eigenvalue weighted by Crippen LogP contribution is 2.23. The first-order chi connectivity index (χ1) is 9.10. The van der Waals surface area contributed by atoms with Gasteiger partial charge in [0.15, 0.2) is 5.84 Å². The molecule has 2 heterocycles. The van der Waals surface area contributed by atoms with Crippen molar-refractivity contribution in [1.29, 1.82) is 0 Å². The van der Waals surface area contributed by atoms with Crippen LogP contribution in [-0.4, -0.2) is 53.1 Å². The normalized spacial score (nSPS) is 20.6. The van der Waals surface area contributed by atoms with E-state index in [-0.39, 0.29) is 11.9 Å². The van der Waals surface area contributed by atoms with E-state index in [1.165, 1.54) is 4.88 Å². The Morgan fingerprint density at radius 1 is 1.47 bits per heavy atom. The maximum absolute atomic E-state index is 8.70. The summed E-state index contributed by atoms with van der Waals surface area (Å²) in [6.45, 7) is 6.73. The third-order valence-electron chi connectivity index (χ3n) is 3.51. The van der Waals surface area contributed by atoms with Crippen molar-refractivity contribution in [2.45, 2.75) is 19.5 Å². The monoisotopic (exact) mass is 302 g/mol. The van der Waals surface area contributed by atoms with Crippen molar-refractivity contribution in [3.05, 3.63) is 21.3 Å². The summed E-state index contributed by atoms with van der Waals surface area (Å²) in [5, 5.41) is 11.8. The van der Waals surface area contributed by atoms with Gasteiger partial charge in [0.1, 0.15) is 0 Å². The second-order valence-electron chi connectivity index (χ2n) is 4.72. The van der Waals surface area contributed by atoms with Crippen LogP contribution in [0.15, 0.2) is 17.3 Å². The van der Waals surface area contributed by atoms with Crippen LogP contribution in [0, 0.1) is 0 Å². The van der Waals surface area contributed by atoms with Gasteiger partial charge in [0.2, 0.25) is 0 Å². The lowest BCUT2D eigenvalue weighted by Gasteiger charge is -2.37. The SMILES string of the molecule is CC(C(N)=NO)N1CCN(Cc2ccc(Cl)s2)CC1. The van der Waals surface area contributed by atoms with Gasteiger partial charge in [-0.3, -0.25) is 9.80 Å². The summed E-state index contributed by atoms with van der Waals surface area (Å²) < 4.78 is 0.842. The smallest absolute Gasteiger partial charge is 0.156 e. The van der Waals surface area contributed by atoms with Crippen LogP contribution < -0.4 is 5.73 Å². The van der Waals surface area contributed by atoms with Gasteiger partial charge in [-0.25, -0.2) is 0 Å². The summed E-state index contributed by atoms with van der Waals surface area (Å²) in [6, 6.07) is 4.01. The molecule has 1 saturated heterocycles. The van der Waals surface area contributed by atoms with Crippen molar-refractivity contribution in [2.24, 2.45) is 10.9 Å². The fraction of sp³-hybridized carbons (Fsp3) is 0.583. The maximum atomic E-state index is 8.70. The second kappa shape index (κ2) is 6.56. The number of piperazine rings is 1. The second-order valence-corrected chi connectivity index (χ2v) is 6.52. The van der Waals surface area contributed by atoms with E-state index in [1.807, 2.05) is 13.0 Å². The van der Waals surface area contributed by atoms with Crippen LogP contribution >= 0.6 is 22.9 Å². The van der Waals surface area contributed by atoms with Crippen molar-refractivity contribution >= 4 is 28.8 Å². The molecule has 0 spiro atoms. The Labute approximate surface area is 122 Å². The minimum absolute atomic E-state index is 0.0108. The third kappa shape index (κ3) is 3.82. The molecular formula is C12H19ClN4OS. The summed E-state index contributed by atoms with van der Waals surface area (Å²) >= 11 is 7.57. The largest absolute Gasteiger partial charge is 0.409 e. The number of amidine groups is 1. The topological polar surface area (TPSA) is 65.1 Å². The molecule has 106 valence electrons. The van der Waals surface area contributed by atoms with E-state index in [4.69, 9.17) is 22.5 Å². The summed E-state index contributed by atoms with van der Waals surface area (Å²) in [5.74, 6) is 0.276. The number of thiophene rings is 1. The molecular weight excluding hydrogens is 284 g/mol. The molecule has 19 heavy (non-hydrogen) atoms. The van der Waals surface area contributed by atoms with Gasteiger partial charge in [0.25, 0.3) is 0 Å². The van der Waals surface area contributed by atoms with Crippen LogP contribution in [0.25, 0.3) is 0 Å². The zero-order valence-corrected chi connectivity index (χ0v) is 12.5. The fourth-order valence-corrected chi connectivity index (χ4v) is 3.37.